The van der Waals surface area contributed by atoms with E-state index in [4.69, 9.17) is 16.3 Å². The molecule has 0 radical (unpaired) electrons. The first-order valence-electron chi connectivity index (χ1n) is 6.26. The number of ether oxygens (including phenoxy) is 1. The number of thiazole rings is 1. The van der Waals surface area contributed by atoms with E-state index in [1.165, 1.54) is 18.4 Å². The van der Waals surface area contributed by atoms with Gasteiger partial charge in [0, 0.05) is 25.7 Å². The van der Waals surface area contributed by atoms with E-state index in [1.807, 2.05) is 0 Å². The lowest BCUT2D eigenvalue weighted by Gasteiger charge is -2.38. The van der Waals surface area contributed by atoms with Crippen molar-refractivity contribution in [2.24, 2.45) is 0 Å². The standard InChI is InChI=1S/C12H18ClN3O2S/c1-4-8-7-16(6-5-15(8)2)12-14-10(13)9(19-12)11(17)18-3/h8H,4-7H2,1-3H3. The molecule has 1 fully saturated rings. The maximum Gasteiger partial charge on any atom is 0.351 e. The van der Waals surface area contributed by atoms with Gasteiger partial charge in [-0.25, -0.2) is 9.78 Å². The Balaban J connectivity index is 2.16. The summed E-state index contributed by atoms with van der Waals surface area (Å²) in [6, 6.07) is 0.512. The molecule has 1 atom stereocenters. The number of likely N-dealkylation sites (N-methyl/N-ethyl adjacent to an activating group) is 1. The highest BCUT2D eigenvalue weighted by molar-refractivity contribution is 7.18. The minimum absolute atomic E-state index is 0.235. The van der Waals surface area contributed by atoms with E-state index < -0.39 is 5.97 Å². The number of esters is 1. The summed E-state index contributed by atoms with van der Waals surface area (Å²) in [7, 11) is 3.49. The van der Waals surface area contributed by atoms with Gasteiger partial charge in [0.2, 0.25) is 0 Å². The third kappa shape index (κ3) is 3.01. The average Bonchev–Trinajstić information content (AvgIpc) is 2.80. The molecule has 19 heavy (non-hydrogen) atoms. The fourth-order valence-electron chi connectivity index (χ4n) is 2.21. The number of carbonyl (C=O) groups is 1. The van der Waals surface area contributed by atoms with E-state index in [0.29, 0.717) is 10.9 Å². The van der Waals surface area contributed by atoms with Crippen LogP contribution < -0.4 is 4.90 Å². The van der Waals surface area contributed by atoms with Crippen LogP contribution in [0.1, 0.15) is 23.0 Å². The Morgan fingerprint density at radius 1 is 1.58 bits per heavy atom. The largest absolute Gasteiger partial charge is 0.465 e. The number of nitrogens with zero attached hydrogens (tertiary/aromatic N) is 3. The lowest BCUT2D eigenvalue weighted by Crippen LogP contribution is -2.51. The van der Waals surface area contributed by atoms with Crippen LogP contribution in [0.25, 0.3) is 0 Å². The normalized spacial score (nSPS) is 20.6. The Bertz CT molecular complexity index is 466. The van der Waals surface area contributed by atoms with Crippen LogP contribution in [-0.4, -0.2) is 55.7 Å². The van der Waals surface area contributed by atoms with Gasteiger partial charge in [-0.2, -0.15) is 0 Å². The minimum atomic E-state index is -0.421. The summed E-state index contributed by atoms with van der Waals surface area (Å²) >= 11 is 7.30. The van der Waals surface area contributed by atoms with E-state index in [-0.39, 0.29) is 5.15 Å². The number of rotatable bonds is 3. The molecule has 0 spiro atoms. The van der Waals surface area contributed by atoms with Crippen LogP contribution in [0.3, 0.4) is 0 Å². The lowest BCUT2D eigenvalue weighted by atomic mass is 10.1. The maximum absolute atomic E-state index is 11.5. The van der Waals surface area contributed by atoms with Gasteiger partial charge in [-0.3, -0.25) is 4.90 Å². The van der Waals surface area contributed by atoms with Gasteiger partial charge in [-0.15, -0.1) is 0 Å². The Hall–Kier alpha value is -0.850. The summed E-state index contributed by atoms with van der Waals surface area (Å²) in [6.07, 6.45) is 1.09. The highest BCUT2D eigenvalue weighted by Gasteiger charge is 2.27. The highest BCUT2D eigenvalue weighted by atomic mass is 35.5. The number of hydrogen-bond acceptors (Lipinski definition) is 6. The van der Waals surface area contributed by atoms with E-state index in [0.717, 1.165) is 31.2 Å². The molecule has 1 saturated heterocycles. The van der Waals surface area contributed by atoms with Crippen LogP contribution in [-0.2, 0) is 4.74 Å². The smallest absolute Gasteiger partial charge is 0.351 e. The molecule has 1 aromatic rings. The monoisotopic (exact) mass is 303 g/mol. The zero-order valence-electron chi connectivity index (χ0n) is 11.4. The molecule has 0 amide bonds. The molecule has 1 unspecified atom stereocenters. The molecule has 1 aromatic heterocycles. The zero-order valence-corrected chi connectivity index (χ0v) is 12.9. The number of aromatic nitrogens is 1. The molecule has 0 N–H and O–H groups in total. The van der Waals surface area contributed by atoms with E-state index in [9.17, 15) is 4.79 Å². The molecule has 0 aromatic carbocycles. The predicted octanol–water partition coefficient (Wildman–Crippen LogP) is 2.11. The van der Waals surface area contributed by atoms with Crippen molar-refractivity contribution in [1.82, 2.24) is 9.88 Å². The first kappa shape index (κ1) is 14.6. The first-order valence-corrected chi connectivity index (χ1v) is 7.46. The summed E-state index contributed by atoms with van der Waals surface area (Å²) in [5, 5.41) is 1.04. The third-order valence-corrected chi connectivity index (χ3v) is 4.95. The number of halogens is 1. The summed E-state index contributed by atoms with van der Waals surface area (Å²) < 4.78 is 4.70. The van der Waals surface area contributed by atoms with Gasteiger partial charge < -0.3 is 9.64 Å². The summed E-state index contributed by atoms with van der Waals surface area (Å²) in [5.74, 6) is -0.421. The van der Waals surface area contributed by atoms with Crippen molar-refractivity contribution in [1.29, 1.82) is 0 Å². The Morgan fingerprint density at radius 2 is 2.32 bits per heavy atom. The summed E-state index contributed by atoms with van der Waals surface area (Å²) in [4.78, 5) is 20.8. The first-order chi connectivity index (χ1) is 9.06. The van der Waals surface area contributed by atoms with Gasteiger partial charge in [0.25, 0.3) is 0 Å². The quantitative estimate of drug-likeness (QED) is 0.800. The van der Waals surface area contributed by atoms with Crippen molar-refractivity contribution in [3.05, 3.63) is 10.0 Å². The minimum Gasteiger partial charge on any atom is -0.465 e. The predicted molar refractivity (Wildman–Crippen MR) is 77.4 cm³/mol. The van der Waals surface area contributed by atoms with Gasteiger partial charge in [0.1, 0.15) is 0 Å². The summed E-state index contributed by atoms with van der Waals surface area (Å²) in [5.41, 5.74) is 0. The molecule has 0 aliphatic carbocycles. The van der Waals surface area contributed by atoms with Crippen molar-refractivity contribution in [2.45, 2.75) is 19.4 Å². The van der Waals surface area contributed by atoms with E-state index in [1.54, 1.807) is 0 Å². The third-order valence-electron chi connectivity index (χ3n) is 3.46. The molecule has 0 saturated carbocycles. The second-order valence-corrected chi connectivity index (χ2v) is 5.93. The fourth-order valence-corrected chi connectivity index (χ4v) is 3.44. The van der Waals surface area contributed by atoms with Gasteiger partial charge >= 0.3 is 5.97 Å². The molecule has 5 nitrogen and oxygen atoms in total. The number of anilines is 1. The molecule has 1 aliphatic heterocycles. The van der Waals surface area contributed by atoms with Gasteiger partial charge in [0.05, 0.1) is 7.11 Å². The highest BCUT2D eigenvalue weighted by Crippen LogP contribution is 2.31. The number of carbonyl (C=O) groups excluding carboxylic acids is 1. The molecule has 1 aliphatic rings. The lowest BCUT2D eigenvalue weighted by molar-refractivity contribution is 0.0606. The van der Waals surface area contributed by atoms with Crippen LogP contribution in [0.5, 0.6) is 0 Å². The van der Waals surface area contributed by atoms with Gasteiger partial charge in [-0.1, -0.05) is 29.9 Å². The maximum atomic E-state index is 11.5. The molecular weight excluding hydrogens is 286 g/mol. The molecule has 106 valence electrons. The molecule has 2 heterocycles. The van der Waals surface area contributed by atoms with Crippen LogP contribution in [0.15, 0.2) is 0 Å². The van der Waals surface area contributed by atoms with Crippen LogP contribution in [0, 0.1) is 0 Å². The fraction of sp³-hybridized carbons (Fsp3) is 0.667. The van der Waals surface area contributed by atoms with Crippen LogP contribution in [0.2, 0.25) is 5.15 Å². The van der Waals surface area contributed by atoms with Gasteiger partial charge in [-0.05, 0) is 13.5 Å². The zero-order chi connectivity index (χ0) is 14.0. The average molecular weight is 304 g/mol. The number of piperazine rings is 1. The van der Waals surface area contributed by atoms with Crippen LogP contribution in [0.4, 0.5) is 5.13 Å². The topological polar surface area (TPSA) is 45.7 Å². The number of hydrogen-bond donors (Lipinski definition) is 0. The Labute approximate surface area is 122 Å². The second kappa shape index (κ2) is 6.07. The van der Waals surface area contributed by atoms with Gasteiger partial charge in [0.15, 0.2) is 15.2 Å². The molecule has 2 rings (SSSR count). The van der Waals surface area contributed by atoms with Crippen molar-refractivity contribution in [3.63, 3.8) is 0 Å². The Morgan fingerprint density at radius 3 is 2.95 bits per heavy atom. The molecule has 0 bridgehead atoms. The van der Waals surface area contributed by atoms with Crippen molar-refractivity contribution in [2.75, 3.05) is 38.7 Å². The second-order valence-electron chi connectivity index (χ2n) is 4.60. The van der Waals surface area contributed by atoms with Crippen molar-refractivity contribution >= 4 is 34.0 Å². The van der Waals surface area contributed by atoms with Crippen molar-refractivity contribution < 1.29 is 9.53 Å². The van der Waals surface area contributed by atoms with E-state index >= 15 is 0 Å². The summed E-state index contributed by atoms with van der Waals surface area (Å²) in [6.45, 7) is 4.98. The Kier molecular flexibility index (Phi) is 4.65. The molecule has 7 heteroatoms. The van der Waals surface area contributed by atoms with Crippen LogP contribution >= 0.6 is 22.9 Å². The van der Waals surface area contributed by atoms with E-state index in [2.05, 4.69) is 28.8 Å². The number of methoxy groups -OCH3 is 1. The SMILES string of the molecule is CCC1CN(c2nc(Cl)c(C(=O)OC)s2)CCN1C. The van der Waals surface area contributed by atoms with Crippen molar-refractivity contribution in [3.8, 4) is 0 Å². The molecular formula is C12H18ClN3O2S.